The highest BCUT2D eigenvalue weighted by molar-refractivity contribution is 6.34. The smallest absolute Gasteiger partial charge is 0.337 e. The number of anilines is 2. The minimum absolute atomic E-state index is 0.185. The summed E-state index contributed by atoms with van der Waals surface area (Å²) in [6, 6.07) is 4.65. The zero-order valence-electron chi connectivity index (χ0n) is 13.5. The number of hydrogen-bond acceptors (Lipinski definition) is 6. The van der Waals surface area contributed by atoms with Gasteiger partial charge in [0.1, 0.15) is 0 Å². The number of halogens is 1. The number of aromatic nitrogens is 2. The van der Waals surface area contributed by atoms with Crippen LogP contribution in [0.4, 0.5) is 11.6 Å². The van der Waals surface area contributed by atoms with Gasteiger partial charge in [-0.1, -0.05) is 11.6 Å². The second kappa shape index (κ2) is 7.74. The standard InChI is InChI=1S/C16H17ClN4O3/c1-9(2)20-16-18-7-11(8-19-16)14(22)21-13-6-10(15(23)24-3)4-5-12(13)17/h4-9H,1-3H3,(H,21,22)(H,18,19,20). The predicted molar refractivity (Wildman–Crippen MR) is 91.5 cm³/mol. The Morgan fingerprint density at radius 2 is 1.83 bits per heavy atom. The number of rotatable bonds is 5. The number of amides is 1. The second-order valence-electron chi connectivity index (χ2n) is 5.23. The third-order valence-corrected chi connectivity index (χ3v) is 3.30. The van der Waals surface area contributed by atoms with Gasteiger partial charge in [0, 0.05) is 18.4 Å². The molecular formula is C16H17ClN4O3. The molecule has 2 aromatic rings. The summed E-state index contributed by atoms with van der Waals surface area (Å²) in [5, 5.41) is 5.96. The fourth-order valence-corrected chi connectivity index (χ4v) is 2.00. The Bertz CT molecular complexity index is 747. The van der Waals surface area contributed by atoms with E-state index < -0.39 is 11.9 Å². The van der Waals surface area contributed by atoms with E-state index in [1.165, 1.54) is 37.7 Å². The largest absolute Gasteiger partial charge is 0.465 e. The van der Waals surface area contributed by atoms with Crippen LogP contribution >= 0.6 is 11.6 Å². The normalized spacial score (nSPS) is 10.4. The van der Waals surface area contributed by atoms with Crippen LogP contribution in [-0.2, 0) is 4.74 Å². The van der Waals surface area contributed by atoms with Crippen LogP contribution in [0, 0.1) is 0 Å². The van der Waals surface area contributed by atoms with E-state index in [1.54, 1.807) is 0 Å². The molecule has 0 saturated carbocycles. The van der Waals surface area contributed by atoms with Crippen LogP contribution in [0.25, 0.3) is 0 Å². The summed E-state index contributed by atoms with van der Waals surface area (Å²) in [5.41, 5.74) is 0.850. The first-order chi connectivity index (χ1) is 11.4. The molecule has 0 fully saturated rings. The zero-order valence-corrected chi connectivity index (χ0v) is 14.2. The van der Waals surface area contributed by atoms with Crippen molar-refractivity contribution in [2.24, 2.45) is 0 Å². The summed E-state index contributed by atoms with van der Waals surface area (Å²) in [6.45, 7) is 3.92. The minimum atomic E-state index is -0.519. The van der Waals surface area contributed by atoms with Gasteiger partial charge in [0.2, 0.25) is 5.95 Å². The van der Waals surface area contributed by atoms with Crippen molar-refractivity contribution in [1.29, 1.82) is 0 Å². The Balaban J connectivity index is 2.15. The van der Waals surface area contributed by atoms with Gasteiger partial charge in [-0.15, -0.1) is 0 Å². The number of carbonyl (C=O) groups is 2. The molecule has 126 valence electrons. The summed E-state index contributed by atoms with van der Waals surface area (Å²) in [4.78, 5) is 32.0. The van der Waals surface area contributed by atoms with Gasteiger partial charge in [-0.2, -0.15) is 0 Å². The van der Waals surface area contributed by atoms with E-state index in [0.29, 0.717) is 16.7 Å². The molecule has 0 saturated heterocycles. The lowest BCUT2D eigenvalue weighted by Crippen LogP contribution is -2.16. The summed E-state index contributed by atoms with van der Waals surface area (Å²) in [6.07, 6.45) is 2.82. The number of carbonyl (C=O) groups excluding carboxylic acids is 2. The second-order valence-corrected chi connectivity index (χ2v) is 5.64. The van der Waals surface area contributed by atoms with E-state index >= 15 is 0 Å². The van der Waals surface area contributed by atoms with Crippen molar-refractivity contribution in [3.8, 4) is 0 Å². The Kier molecular flexibility index (Phi) is 5.70. The van der Waals surface area contributed by atoms with Crippen molar-refractivity contribution in [2.45, 2.75) is 19.9 Å². The van der Waals surface area contributed by atoms with E-state index in [9.17, 15) is 9.59 Å². The van der Waals surface area contributed by atoms with Gasteiger partial charge in [-0.3, -0.25) is 4.79 Å². The fraction of sp³-hybridized carbons (Fsp3) is 0.250. The van der Waals surface area contributed by atoms with E-state index in [-0.39, 0.29) is 17.2 Å². The maximum absolute atomic E-state index is 12.3. The molecule has 0 spiro atoms. The minimum Gasteiger partial charge on any atom is -0.465 e. The molecular weight excluding hydrogens is 332 g/mol. The summed E-state index contributed by atoms with van der Waals surface area (Å²) < 4.78 is 4.64. The molecule has 7 nitrogen and oxygen atoms in total. The molecule has 0 bridgehead atoms. The molecule has 0 aliphatic heterocycles. The van der Waals surface area contributed by atoms with Gasteiger partial charge in [0.25, 0.3) is 5.91 Å². The van der Waals surface area contributed by atoms with Gasteiger partial charge in [0.05, 0.1) is 28.9 Å². The first-order valence-corrected chi connectivity index (χ1v) is 7.56. The molecule has 1 aromatic heterocycles. The highest BCUT2D eigenvalue weighted by Crippen LogP contribution is 2.24. The molecule has 8 heteroatoms. The molecule has 2 N–H and O–H groups in total. The van der Waals surface area contributed by atoms with Gasteiger partial charge >= 0.3 is 5.97 Å². The molecule has 1 aromatic carbocycles. The van der Waals surface area contributed by atoms with Gasteiger partial charge in [-0.05, 0) is 32.0 Å². The van der Waals surface area contributed by atoms with Crippen molar-refractivity contribution >= 4 is 35.1 Å². The van der Waals surface area contributed by atoms with Crippen molar-refractivity contribution in [1.82, 2.24) is 9.97 Å². The van der Waals surface area contributed by atoms with Crippen molar-refractivity contribution in [3.63, 3.8) is 0 Å². The third kappa shape index (κ3) is 4.42. The van der Waals surface area contributed by atoms with Crippen LogP contribution in [0.2, 0.25) is 5.02 Å². The zero-order chi connectivity index (χ0) is 17.7. The lowest BCUT2D eigenvalue weighted by atomic mass is 10.2. The van der Waals surface area contributed by atoms with Crippen LogP contribution < -0.4 is 10.6 Å². The lowest BCUT2D eigenvalue weighted by molar-refractivity contribution is 0.0600. The number of methoxy groups -OCH3 is 1. The third-order valence-electron chi connectivity index (χ3n) is 2.97. The van der Waals surface area contributed by atoms with Crippen LogP contribution in [0.15, 0.2) is 30.6 Å². The Hall–Kier alpha value is -2.67. The molecule has 0 radical (unpaired) electrons. The molecule has 1 amide bonds. The monoisotopic (exact) mass is 348 g/mol. The number of benzene rings is 1. The Labute approximate surface area is 144 Å². The topological polar surface area (TPSA) is 93.2 Å². The van der Waals surface area contributed by atoms with E-state index in [2.05, 4.69) is 25.3 Å². The van der Waals surface area contributed by atoms with Crippen molar-refractivity contribution in [3.05, 3.63) is 46.7 Å². The molecule has 0 aliphatic carbocycles. The fourth-order valence-electron chi connectivity index (χ4n) is 1.84. The number of nitrogens with zero attached hydrogens (tertiary/aromatic N) is 2. The number of esters is 1. The molecule has 24 heavy (non-hydrogen) atoms. The van der Waals surface area contributed by atoms with Gasteiger partial charge in [-0.25, -0.2) is 14.8 Å². The van der Waals surface area contributed by atoms with Crippen LogP contribution in [0.5, 0.6) is 0 Å². The summed E-state index contributed by atoms with van der Waals surface area (Å²) in [5.74, 6) is -0.517. The average Bonchev–Trinajstić information content (AvgIpc) is 2.56. The number of hydrogen-bond donors (Lipinski definition) is 2. The molecule has 0 aliphatic rings. The Morgan fingerprint density at radius 3 is 2.42 bits per heavy atom. The van der Waals surface area contributed by atoms with Crippen molar-refractivity contribution < 1.29 is 14.3 Å². The van der Waals surface area contributed by atoms with Crippen LogP contribution in [-0.4, -0.2) is 35.0 Å². The number of ether oxygens (including phenoxy) is 1. The molecule has 0 unspecified atom stereocenters. The molecule has 1 heterocycles. The lowest BCUT2D eigenvalue weighted by Gasteiger charge is -2.10. The van der Waals surface area contributed by atoms with Crippen LogP contribution in [0.3, 0.4) is 0 Å². The maximum Gasteiger partial charge on any atom is 0.337 e. The predicted octanol–water partition coefficient (Wildman–Crippen LogP) is 2.99. The Morgan fingerprint density at radius 1 is 1.17 bits per heavy atom. The first-order valence-electron chi connectivity index (χ1n) is 7.18. The summed E-state index contributed by atoms with van der Waals surface area (Å²) in [7, 11) is 1.28. The SMILES string of the molecule is COC(=O)c1ccc(Cl)c(NC(=O)c2cnc(NC(C)C)nc2)c1. The van der Waals surface area contributed by atoms with E-state index in [0.717, 1.165) is 0 Å². The van der Waals surface area contributed by atoms with E-state index in [1.807, 2.05) is 13.8 Å². The molecule has 0 atom stereocenters. The maximum atomic E-state index is 12.3. The number of nitrogens with one attached hydrogen (secondary N) is 2. The first kappa shape index (κ1) is 17.7. The highest BCUT2D eigenvalue weighted by Gasteiger charge is 2.13. The molecule has 2 rings (SSSR count). The van der Waals surface area contributed by atoms with Crippen molar-refractivity contribution in [2.75, 3.05) is 17.7 Å². The quantitative estimate of drug-likeness (QED) is 0.807. The van der Waals surface area contributed by atoms with E-state index in [4.69, 9.17) is 11.6 Å². The van der Waals surface area contributed by atoms with Gasteiger partial charge < -0.3 is 15.4 Å². The van der Waals surface area contributed by atoms with Gasteiger partial charge in [0.15, 0.2) is 0 Å². The van der Waals surface area contributed by atoms with Crippen LogP contribution in [0.1, 0.15) is 34.6 Å². The average molecular weight is 349 g/mol. The highest BCUT2D eigenvalue weighted by atomic mass is 35.5. The summed E-state index contributed by atoms with van der Waals surface area (Å²) >= 11 is 6.05.